The van der Waals surface area contributed by atoms with E-state index in [1.807, 2.05) is 12.1 Å². The Balaban J connectivity index is 1.36. The van der Waals surface area contributed by atoms with Crippen LogP contribution in [0.2, 0.25) is 0 Å². The number of benzene rings is 2. The minimum atomic E-state index is -0.806. The van der Waals surface area contributed by atoms with Crippen LogP contribution in [0.5, 0.6) is 0 Å². The molecular weight excluding hydrogens is 412 g/mol. The molecule has 0 unspecified atom stereocenters. The Morgan fingerprint density at radius 2 is 1.30 bits per heavy atom. The van der Waals surface area contributed by atoms with Crippen molar-refractivity contribution in [2.45, 2.75) is 96.8 Å². The third-order valence-corrected chi connectivity index (χ3v) is 7.46. The molecule has 1 nitrogen and oxygen atoms in total. The summed E-state index contributed by atoms with van der Waals surface area (Å²) in [5, 5.41) is 8.83. The van der Waals surface area contributed by atoms with Crippen molar-refractivity contribution >= 4 is 0 Å². The van der Waals surface area contributed by atoms with Crippen LogP contribution in [-0.4, -0.2) is 0 Å². The van der Waals surface area contributed by atoms with Crippen LogP contribution in [0.1, 0.15) is 102 Å². The Morgan fingerprint density at radius 1 is 0.758 bits per heavy atom. The van der Waals surface area contributed by atoms with Crippen LogP contribution in [0.4, 0.5) is 8.78 Å². The average molecular weight is 452 g/mol. The molecule has 0 amide bonds. The van der Waals surface area contributed by atoms with E-state index < -0.39 is 17.2 Å². The predicted octanol–water partition coefficient (Wildman–Crippen LogP) is 9.38. The number of hydrogen-bond acceptors (Lipinski definition) is 1. The van der Waals surface area contributed by atoms with Gasteiger partial charge < -0.3 is 0 Å². The van der Waals surface area contributed by atoms with Crippen molar-refractivity contribution in [3.05, 3.63) is 59.2 Å². The summed E-state index contributed by atoms with van der Waals surface area (Å²) in [6, 6.07) is 12.0. The maximum Gasteiger partial charge on any atom is 0.144 e. The second-order valence-corrected chi connectivity index (χ2v) is 9.96. The quantitative estimate of drug-likeness (QED) is 0.295. The van der Waals surface area contributed by atoms with E-state index in [9.17, 15) is 8.78 Å². The summed E-state index contributed by atoms with van der Waals surface area (Å²) in [6.45, 7) is 2.28. The second-order valence-electron chi connectivity index (χ2n) is 9.96. The molecule has 0 bridgehead atoms. The fourth-order valence-electron chi connectivity index (χ4n) is 5.28. The van der Waals surface area contributed by atoms with E-state index >= 15 is 0 Å². The average Bonchev–Trinajstić information content (AvgIpc) is 2.83. The van der Waals surface area contributed by atoms with E-state index in [0.717, 1.165) is 23.8 Å². The Labute approximate surface area is 199 Å². The third kappa shape index (κ3) is 7.95. The number of nitriles is 1. The van der Waals surface area contributed by atoms with Gasteiger partial charge in [-0.05, 0) is 53.5 Å². The summed E-state index contributed by atoms with van der Waals surface area (Å²) in [7, 11) is 0. The first-order chi connectivity index (χ1) is 16.1. The minimum Gasteiger partial charge on any atom is -0.205 e. The summed E-state index contributed by atoms with van der Waals surface area (Å²) in [6.07, 6.45) is 19.0. The van der Waals surface area contributed by atoms with Gasteiger partial charge >= 0.3 is 0 Å². The Hall–Kier alpha value is -2.21. The highest BCUT2D eigenvalue weighted by Gasteiger charge is 2.20. The van der Waals surface area contributed by atoms with E-state index in [1.165, 1.54) is 101 Å². The highest BCUT2D eigenvalue weighted by molar-refractivity contribution is 5.65. The van der Waals surface area contributed by atoms with Gasteiger partial charge in [0.1, 0.15) is 23.3 Å². The molecule has 3 heteroatoms. The smallest absolute Gasteiger partial charge is 0.144 e. The molecule has 0 spiro atoms. The maximum atomic E-state index is 13.9. The van der Waals surface area contributed by atoms with Gasteiger partial charge in [-0.15, -0.1) is 0 Å². The van der Waals surface area contributed by atoms with Crippen molar-refractivity contribution in [1.82, 2.24) is 0 Å². The van der Waals surface area contributed by atoms with E-state index in [0.29, 0.717) is 5.56 Å². The van der Waals surface area contributed by atoms with Gasteiger partial charge in [0.2, 0.25) is 0 Å². The molecule has 0 heterocycles. The summed E-state index contributed by atoms with van der Waals surface area (Å²) in [5.41, 5.74) is 1.99. The number of halogens is 2. The SMILES string of the molecule is CCCCCCCCCC1CCC(CCc2ccc(-c3cc(F)c(C#N)c(F)c3)cc2)CC1. The Kier molecular flexibility index (Phi) is 10.4. The Bertz CT molecular complexity index is 865. The van der Waals surface area contributed by atoms with Gasteiger partial charge in [-0.2, -0.15) is 5.26 Å². The monoisotopic (exact) mass is 451 g/mol. The summed E-state index contributed by atoms with van der Waals surface area (Å²) in [5.74, 6) is 0.166. The lowest BCUT2D eigenvalue weighted by molar-refractivity contribution is 0.248. The zero-order chi connectivity index (χ0) is 23.5. The van der Waals surface area contributed by atoms with Crippen molar-refractivity contribution in [1.29, 1.82) is 5.26 Å². The molecule has 1 fully saturated rings. The Morgan fingerprint density at radius 3 is 1.88 bits per heavy atom. The molecule has 0 aliphatic heterocycles. The van der Waals surface area contributed by atoms with Gasteiger partial charge in [-0.1, -0.05) is 108 Å². The van der Waals surface area contributed by atoms with Crippen molar-refractivity contribution in [3.63, 3.8) is 0 Å². The highest BCUT2D eigenvalue weighted by Crippen LogP contribution is 2.34. The van der Waals surface area contributed by atoms with E-state index in [1.54, 1.807) is 6.07 Å². The maximum absolute atomic E-state index is 13.9. The highest BCUT2D eigenvalue weighted by atomic mass is 19.1. The van der Waals surface area contributed by atoms with Crippen LogP contribution in [0.15, 0.2) is 36.4 Å². The molecule has 0 aromatic heterocycles. The summed E-state index contributed by atoms with van der Waals surface area (Å²) < 4.78 is 27.8. The molecule has 0 radical (unpaired) electrons. The van der Waals surface area contributed by atoms with Crippen LogP contribution < -0.4 is 0 Å². The molecule has 1 aliphatic rings. The first-order valence-electron chi connectivity index (χ1n) is 13.1. The van der Waals surface area contributed by atoms with Crippen molar-refractivity contribution in [3.8, 4) is 17.2 Å². The van der Waals surface area contributed by atoms with Crippen LogP contribution in [-0.2, 0) is 6.42 Å². The van der Waals surface area contributed by atoms with Gasteiger partial charge in [0.25, 0.3) is 0 Å². The zero-order valence-corrected chi connectivity index (χ0v) is 20.2. The molecule has 3 rings (SSSR count). The molecule has 0 atom stereocenters. The zero-order valence-electron chi connectivity index (χ0n) is 20.2. The summed E-state index contributed by atoms with van der Waals surface area (Å²) >= 11 is 0. The second kappa shape index (κ2) is 13.5. The van der Waals surface area contributed by atoms with Crippen LogP contribution >= 0.6 is 0 Å². The van der Waals surface area contributed by atoms with Gasteiger partial charge in [-0.3, -0.25) is 0 Å². The molecule has 0 N–H and O–H groups in total. The minimum absolute atomic E-state index is 0.467. The van der Waals surface area contributed by atoms with E-state index in [4.69, 9.17) is 5.26 Å². The molecule has 1 saturated carbocycles. The first kappa shape index (κ1) is 25.4. The van der Waals surface area contributed by atoms with Crippen LogP contribution in [0, 0.1) is 34.8 Å². The van der Waals surface area contributed by atoms with Gasteiger partial charge in [0.15, 0.2) is 0 Å². The number of hydrogen-bond donors (Lipinski definition) is 0. The lowest BCUT2D eigenvalue weighted by atomic mass is 9.77. The fourth-order valence-corrected chi connectivity index (χ4v) is 5.28. The lowest BCUT2D eigenvalue weighted by Crippen LogP contribution is -2.15. The van der Waals surface area contributed by atoms with Crippen LogP contribution in [0.3, 0.4) is 0 Å². The molecule has 178 valence electrons. The van der Waals surface area contributed by atoms with Gasteiger partial charge in [-0.25, -0.2) is 8.78 Å². The lowest BCUT2D eigenvalue weighted by Gasteiger charge is -2.28. The number of aryl methyl sites for hydroxylation is 1. The van der Waals surface area contributed by atoms with Gasteiger partial charge in [0, 0.05) is 0 Å². The standard InChI is InChI=1S/C30H39F2N/c1-2-3-4-5-6-7-8-9-23-10-12-24(13-11-23)14-15-25-16-18-26(19-17-25)27-20-29(31)28(22-33)30(32)21-27/h16-21,23-24H,2-15H2,1H3. The molecule has 0 saturated heterocycles. The van der Waals surface area contributed by atoms with Gasteiger partial charge in [0.05, 0.1) is 0 Å². The summed E-state index contributed by atoms with van der Waals surface area (Å²) in [4.78, 5) is 0. The first-order valence-corrected chi connectivity index (χ1v) is 13.1. The molecular formula is C30H39F2N. The number of nitrogens with zero attached hydrogens (tertiary/aromatic N) is 1. The topological polar surface area (TPSA) is 23.8 Å². The third-order valence-electron chi connectivity index (χ3n) is 7.46. The molecule has 1 aliphatic carbocycles. The molecule has 2 aromatic carbocycles. The molecule has 2 aromatic rings. The van der Waals surface area contributed by atoms with E-state index in [-0.39, 0.29) is 0 Å². The van der Waals surface area contributed by atoms with Crippen molar-refractivity contribution in [2.75, 3.05) is 0 Å². The number of unbranched alkanes of at least 4 members (excludes halogenated alkanes) is 6. The van der Waals surface area contributed by atoms with Crippen LogP contribution in [0.25, 0.3) is 11.1 Å². The van der Waals surface area contributed by atoms with Crippen molar-refractivity contribution in [2.24, 2.45) is 11.8 Å². The molecule has 33 heavy (non-hydrogen) atoms. The predicted molar refractivity (Wildman–Crippen MR) is 133 cm³/mol. The normalized spacial score (nSPS) is 18.2. The largest absolute Gasteiger partial charge is 0.205 e. The number of rotatable bonds is 12. The van der Waals surface area contributed by atoms with E-state index in [2.05, 4.69) is 19.1 Å². The fraction of sp³-hybridized carbons (Fsp3) is 0.567. The van der Waals surface area contributed by atoms with Crippen molar-refractivity contribution < 1.29 is 8.78 Å².